The average molecular weight is 353 g/mol. The van der Waals surface area contributed by atoms with Crippen molar-refractivity contribution < 1.29 is 19.1 Å². The van der Waals surface area contributed by atoms with Crippen LogP contribution in [0.4, 0.5) is 5.82 Å². The molecular weight excluding hydrogens is 338 g/mol. The van der Waals surface area contributed by atoms with Crippen molar-refractivity contribution in [2.75, 3.05) is 31.1 Å². The maximum atomic E-state index is 12.3. The minimum Gasteiger partial charge on any atom is -0.444 e. The van der Waals surface area contributed by atoms with E-state index in [1.54, 1.807) is 29.3 Å². The maximum Gasteiger partial charge on any atom is 0.316 e. The Morgan fingerprint density at radius 3 is 2.57 bits per heavy atom. The molecule has 3 heterocycles. The second kappa shape index (κ2) is 5.77. The van der Waals surface area contributed by atoms with Gasteiger partial charge in [-0.25, -0.2) is 0 Å². The van der Waals surface area contributed by atoms with E-state index >= 15 is 0 Å². The van der Waals surface area contributed by atoms with Crippen molar-refractivity contribution in [3.05, 3.63) is 47.0 Å². The van der Waals surface area contributed by atoms with Crippen LogP contribution in [0.5, 0.6) is 0 Å². The molecule has 0 atom stereocenters. The molecule has 1 aliphatic rings. The summed E-state index contributed by atoms with van der Waals surface area (Å²) in [4.78, 5) is 16.1. The number of pyridine rings is 1. The highest BCUT2D eigenvalue weighted by Crippen LogP contribution is 2.17. The van der Waals surface area contributed by atoms with Crippen LogP contribution in [0.15, 0.2) is 45.6 Å². The van der Waals surface area contributed by atoms with E-state index in [1.807, 2.05) is 17.0 Å². The lowest BCUT2D eigenvalue weighted by atomic mass is 10.2. The van der Waals surface area contributed by atoms with Crippen molar-refractivity contribution in [1.29, 1.82) is 0 Å². The van der Waals surface area contributed by atoms with Crippen molar-refractivity contribution in [3.8, 4) is 0 Å². The van der Waals surface area contributed by atoms with Crippen molar-refractivity contribution in [3.63, 3.8) is 0 Å². The van der Waals surface area contributed by atoms with Crippen LogP contribution in [0.3, 0.4) is 0 Å². The quantitative estimate of drug-likeness (QED) is 0.657. The predicted molar refractivity (Wildman–Crippen MR) is 78.3 cm³/mol. The van der Waals surface area contributed by atoms with Gasteiger partial charge in [-0.05, 0) is 34.1 Å². The predicted octanol–water partition coefficient (Wildman–Crippen LogP) is 1.53. The Morgan fingerprint density at radius 2 is 1.95 bits per heavy atom. The fraction of sp³-hybridized carbons (Fsp3) is 0.286. The first-order valence-corrected chi connectivity index (χ1v) is 7.44. The summed E-state index contributed by atoms with van der Waals surface area (Å²) in [6, 6.07) is 8.86. The molecule has 2 aromatic rings. The van der Waals surface area contributed by atoms with E-state index < -0.39 is 0 Å². The largest absolute Gasteiger partial charge is 0.444 e. The van der Waals surface area contributed by atoms with Gasteiger partial charge in [0.1, 0.15) is 19.3 Å². The van der Waals surface area contributed by atoms with E-state index in [2.05, 4.69) is 15.9 Å². The van der Waals surface area contributed by atoms with E-state index in [-0.39, 0.29) is 5.91 Å². The van der Waals surface area contributed by atoms with Crippen LogP contribution in [-0.4, -0.2) is 42.2 Å². The number of nitrogens with zero attached hydrogens (tertiary/aromatic N) is 3. The summed E-state index contributed by atoms with van der Waals surface area (Å²) >= 11 is 3.20. The fourth-order valence-electron chi connectivity index (χ4n) is 2.40. The summed E-state index contributed by atoms with van der Waals surface area (Å²) in [7, 11) is 0. The highest BCUT2D eigenvalue weighted by Gasteiger charge is 2.29. The van der Waals surface area contributed by atoms with Crippen LogP contribution in [0.1, 0.15) is 10.6 Å². The summed E-state index contributed by atoms with van der Waals surface area (Å²) in [5.41, 5.74) is 0. The van der Waals surface area contributed by atoms with Crippen molar-refractivity contribution in [1.82, 2.24) is 4.90 Å². The van der Waals surface area contributed by atoms with Crippen LogP contribution >= 0.6 is 15.9 Å². The third kappa shape index (κ3) is 2.87. The molecule has 0 unspecified atom stereocenters. The topological polar surface area (TPSA) is 60.8 Å². The molecule has 0 radical (unpaired) electrons. The number of hydrogen-bond acceptors (Lipinski definition) is 4. The number of carbonyl (C=O) groups is 1. The van der Waals surface area contributed by atoms with Crippen molar-refractivity contribution >= 4 is 27.7 Å². The second-order valence-corrected chi connectivity index (χ2v) is 5.57. The van der Waals surface area contributed by atoms with E-state index in [9.17, 15) is 10.0 Å². The summed E-state index contributed by atoms with van der Waals surface area (Å²) < 4.78 is 6.95. The monoisotopic (exact) mass is 352 g/mol. The molecule has 7 heteroatoms. The SMILES string of the molecule is O=C(c1ccc(Br)o1)N1CCN(c2cccc[n+]2O)CC1. The van der Waals surface area contributed by atoms with E-state index in [0.717, 1.165) is 10.5 Å². The van der Waals surface area contributed by atoms with E-state index in [1.165, 1.54) is 0 Å². The minimum atomic E-state index is -0.106. The molecule has 1 aliphatic heterocycles. The molecule has 3 rings (SSSR count). The first-order valence-electron chi connectivity index (χ1n) is 6.64. The Kier molecular flexibility index (Phi) is 3.83. The van der Waals surface area contributed by atoms with Crippen LogP contribution < -0.4 is 9.63 Å². The molecule has 0 spiro atoms. The fourth-order valence-corrected chi connectivity index (χ4v) is 2.71. The number of amides is 1. The first kappa shape index (κ1) is 13.9. The standard InChI is InChI=1S/C14H15BrN3O3/c15-12-5-4-11(21-12)14(19)17-9-7-16(8-10-17)13-3-1-2-6-18(13)20/h1-6,20H,7-10H2/q+1. The average Bonchev–Trinajstić information content (AvgIpc) is 2.94. The Bertz CT molecular complexity index is 650. The van der Waals surface area contributed by atoms with Crippen molar-refractivity contribution in [2.45, 2.75) is 0 Å². The third-order valence-electron chi connectivity index (χ3n) is 3.49. The Morgan fingerprint density at radius 1 is 1.19 bits per heavy atom. The molecular formula is C14H15BrN3O3+. The van der Waals surface area contributed by atoms with Gasteiger partial charge in [0.05, 0.1) is 13.1 Å². The van der Waals surface area contributed by atoms with Gasteiger partial charge in [-0.3, -0.25) is 9.69 Å². The summed E-state index contributed by atoms with van der Waals surface area (Å²) in [5, 5.41) is 9.79. The van der Waals surface area contributed by atoms with Crippen LogP contribution in [-0.2, 0) is 0 Å². The number of carbonyl (C=O) groups excluding carboxylic acids is 1. The smallest absolute Gasteiger partial charge is 0.316 e. The number of piperazine rings is 1. The van der Waals surface area contributed by atoms with Gasteiger partial charge >= 0.3 is 5.82 Å². The molecule has 2 aromatic heterocycles. The molecule has 1 amide bonds. The van der Waals surface area contributed by atoms with E-state index in [4.69, 9.17) is 4.42 Å². The second-order valence-electron chi connectivity index (χ2n) is 4.79. The zero-order valence-electron chi connectivity index (χ0n) is 11.3. The maximum absolute atomic E-state index is 12.3. The Labute approximate surface area is 130 Å². The number of anilines is 1. The Balaban J connectivity index is 1.65. The summed E-state index contributed by atoms with van der Waals surface area (Å²) in [6.45, 7) is 2.51. The third-order valence-corrected chi connectivity index (χ3v) is 3.92. The number of furan rings is 1. The van der Waals surface area contributed by atoms with Gasteiger partial charge in [-0.1, -0.05) is 10.8 Å². The molecule has 0 aromatic carbocycles. The summed E-state index contributed by atoms with van der Waals surface area (Å²) in [6.07, 6.45) is 1.59. The van der Waals surface area contributed by atoms with Gasteiger partial charge in [0.2, 0.25) is 0 Å². The van der Waals surface area contributed by atoms with Crippen LogP contribution in [0.2, 0.25) is 0 Å². The molecule has 0 saturated carbocycles. The molecule has 21 heavy (non-hydrogen) atoms. The normalized spacial score (nSPS) is 15.3. The van der Waals surface area contributed by atoms with E-state index in [0.29, 0.717) is 36.6 Å². The first-order chi connectivity index (χ1) is 10.1. The molecule has 1 N–H and O–H groups in total. The molecule has 1 fully saturated rings. The lowest BCUT2D eigenvalue weighted by Gasteiger charge is -2.30. The number of aromatic nitrogens is 1. The van der Waals surface area contributed by atoms with Gasteiger partial charge < -0.3 is 14.5 Å². The number of rotatable bonds is 2. The van der Waals surface area contributed by atoms with Gasteiger partial charge in [0.15, 0.2) is 10.4 Å². The highest BCUT2D eigenvalue weighted by atomic mass is 79.9. The van der Waals surface area contributed by atoms with Crippen molar-refractivity contribution in [2.24, 2.45) is 0 Å². The van der Waals surface area contributed by atoms with Gasteiger partial charge in [0.25, 0.3) is 5.91 Å². The lowest BCUT2D eigenvalue weighted by Crippen LogP contribution is -2.52. The minimum absolute atomic E-state index is 0.106. The zero-order valence-corrected chi connectivity index (χ0v) is 12.9. The Hall–Kier alpha value is -2.02. The molecule has 6 nitrogen and oxygen atoms in total. The molecule has 1 saturated heterocycles. The number of hydrogen-bond donors (Lipinski definition) is 1. The zero-order chi connectivity index (χ0) is 14.8. The lowest BCUT2D eigenvalue weighted by molar-refractivity contribution is -0.894. The van der Waals surface area contributed by atoms with Gasteiger partial charge in [-0.2, -0.15) is 0 Å². The number of halogens is 1. The molecule has 0 bridgehead atoms. The molecule has 110 valence electrons. The highest BCUT2D eigenvalue weighted by molar-refractivity contribution is 9.10. The van der Waals surface area contributed by atoms with Crippen LogP contribution in [0.25, 0.3) is 0 Å². The molecule has 0 aliphatic carbocycles. The van der Waals surface area contributed by atoms with Gasteiger partial charge in [0, 0.05) is 6.07 Å². The summed E-state index contributed by atoms with van der Waals surface area (Å²) in [5.74, 6) is 0.961. The van der Waals surface area contributed by atoms with Crippen LogP contribution in [0, 0.1) is 0 Å². The van der Waals surface area contributed by atoms with Gasteiger partial charge in [-0.15, -0.1) is 0 Å².